The molecule has 0 aliphatic heterocycles. The lowest BCUT2D eigenvalue weighted by Crippen LogP contribution is -2.38. The Kier molecular flexibility index (Phi) is 3.36. The number of aromatic hydroxyl groups is 1. The van der Waals surface area contributed by atoms with Crippen LogP contribution in [0.1, 0.15) is 43.2 Å². The second-order valence-corrected chi connectivity index (χ2v) is 8.90. The maximum Gasteiger partial charge on any atom is 0.152 e. The summed E-state index contributed by atoms with van der Waals surface area (Å²) in [6, 6.07) is 3.85. The van der Waals surface area contributed by atoms with Crippen LogP contribution in [0.25, 0.3) is 0 Å². The molecule has 0 spiro atoms. The van der Waals surface area contributed by atoms with Gasteiger partial charge in [0, 0.05) is 11.3 Å². The second-order valence-electron chi connectivity index (χ2n) is 7.00. The number of alkyl halides is 1. The number of hydrogen-bond donors (Lipinski definition) is 1. The van der Waals surface area contributed by atoms with Gasteiger partial charge in [0.25, 0.3) is 0 Å². The Morgan fingerprint density at radius 2 is 2.14 bits per heavy atom. The minimum atomic E-state index is -0.192. The van der Waals surface area contributed by atoms with Gasteiger partial charge in [-0.15, -0.1) is 0 Å². The molecule has 2 nitrogen and oxygen atoms in total. The molecule has 2 saturated carbocycles. The molecule has 2 fully saturated rings. The van der Waals surface area contributed by atoms with Crippen molar-refractivity contribution in [3.05, 3.63) is 39.4 Å². The van der Waals surface area contributed by atoms with Crippen molar-refractivity contribution in [2.24, 2.45) is 11.3 Å². The fraction of sp³-hybridized carbons (Fsp3) is 0.500. The predicted molar refractivity (Wildman–Crippen MR) is 93.5 cm³/mol. The number of benzene rings is 1. The molecule has 0 saturated heterocycles. The average molecular weight is 426 g/mol. The van der Waals surface area contributed by atoms with Crippen LogP contribution in [-0.4, -0.2) is 15.7 Å². The van der Waals surface area contributed by atoms with E-state index in [0.717, 1.165) is 30.2 Å². The number of phenolic OH excluding ortho intramolecular Hbond substituents is 1. The van der Waals surface area contributed by atoms with Crippen LogP contribution in [0.4, 0.5) is 0 Å². The summed E-state index contributed by atoms with van der Waals surface area (Å²) < 4.78 is 0.828. The molecule has 0 radical (unpaired) electrons. The molecular weight excluding hydrogens is 408 g/mol. The Morgan fingerprint density at radius 1 is 1.36 bits per heavy atom. The number of rotatable bonds is 0. The van der Waals surface area contributed by atoms with E-state index < -0.39 is 0 Å². The Hall–Kier alpha value is -0.610. The van der Waals surface area contributed by atoms with E-state index in [4.69, 9.17) is 0 Å². The lowest BCUT2D eigenvalue weighted by atomic mass is 9.60. The number of halogens is 2. The van der Waals surface area contributed by atoms with Gasteiger partial charge in [0.15, 0.2) is 5.78 Å². The SMILES string of the molecule is C[C@]12CC[C@H]3C(=CCc4c3ccc(O)c4Br)[C@@H]1C[C@H](Br)C2=O. The van der Waals surface area contributed by atoms with Crippen molar-refractivity contribution in [3.63, 3.8) is 0 Å². The second kappa shape index (κ2) is 4.94. The first-order chi connectivity index (χ1) is 10.4. The summed E-state index contributed by atoms with van der Waals surface area (Å²) in [4.78, 5) is 12.6. The highest BCUT2D eigenvalue weighted by Crippen LogP contribution is 2.59. The number of allylic oxidation sites excluding steroid dienone is 2. The number of phenols is 1. The highest BCUT2D eigenvalue weighted by molar-refractivity contribution is 9.10. The number of carbonyl (C=O) groups is 1. The van der Waals surface area contributed by atoms with Gasteiger partial charge in [-0.05, 0) is 64.7 Å². The number of fused-ring (bicyclic) bond motifs is 5. The number of ketones is 1. The Bertz CT molecular complexity index is 709. The van der Waals surface area contributed by atoms with Crippen LogP contribution in [0.15, 0.2) is 28.3 Å². The standard InChI is InChI=1S/C18H18Br2O2/c1-18-7-6-10-9-4-5-15(21)16(20)12(9)3-2-11(10)13(18)8-14(19)17(18)22/h2,4-5,10,13-14,21H,3,6-8H2,1H3/t10-,13+,14+,18+/m1/s1. The third-order valence-corrected chi connectivity index (χ3v) is 7.67. The molecule has 0 bridgehead atoms. The summed E-state index contributed by atoms with van der Waals surface area (Å²) in [6.45, 7) is 2.15. The molecule has 0 aromatic heterocycles. The Labute approximate surface area is 147 Å². The van der Waals surface area contributed by atoms with Crippen LogP contribution in [0.2, 0.25) is 0 Å². The molecule has 4 rings (SSSR count). The van der Waals surface area contributed by atoms with Crippen molar-refractivity contribution in [2.75, 3.05) is 0 Å². The zero-order valence-corrected chi connectivity index (χ0v) is 15.6. The van der Waals surface area contributed by atoms with E-state index >= 15 is 0 Å². The van der Waals surface area contributed by atoms with Crippen LogP contribution < -0.4 is 0 Å². The van der Waals surface area contributed by atoms with Gasteiger partial charge >= 0.3 is 0 Å². The van der Waals surface area contributed by atoms with E-state index in [9.17, 15) is 9.90 Å². The molecule has 0 amide bonds. The van der Waals surface area contributed by atoms with Crippen molar-refractivity contribution < 1.29 is 9.90 Å². The first kappa shape index (κ1) is 14.9. The van der Waals surface area contributed by atoms with Crippen LogP contribution in [0.5, 0.6) is 5.75 Å². The van der Waals surface area contributed by atoms with Gasteiger partial charge in [0.05, 0.1) is 9.30 Å². The lowest BCUT2D eigenvalue weighted by molar-refractivity contribution is -0.126. The van der Waals surface area contributed by atoms with Crippen LogP contribution >= 0.6 is 31.9 Å². The van der Waals surface area contributed by atoms with E-state index in [1.54, 1.807) is 6.07 Å². The van der Waals surface area contributed by atoms with Gasteiger partial charge < -0.3 is 5.11 Å². The van der Waals surface area contributed by atoms with Crippen LogP contribution in [0, 0.1) is 11.3 Å². The van der Waals surface area contributed by atoms with E-state index in [2.05, 4.69) is 50.9 Å². The van der Waals surface area contributed by atoms with E-state index in [0.29, 0.717) is 23.4 Å². The van der Waals surface area contributed by atoms with Crippen molar-refractivity contribution in [1.29, 1.82) is 0 Å². The van der Waals surface area contributed by atoms with E-state index in [1.165, 1.54) is 16.7 Å². The molecule has 0 heterocycles. The largest absolute Gasteiger partial charge is 0.507 e. The molecule has 116 valence electrons. The minimum Gasteiger partial charge on any atom is -0.507 e. The minimum absolute atomic E-state index is 0.00935. The maximum absolute atomic E-state index is 12.6. The Morgan fingerprint density at radius 3 is 2.91 bits per heavy atom. The number of carbonyl (C=O) groups excluding carboxylic acids is 1. The lowest BCUT2D eigenvalue weighted by Gasteiger charge is -2.43. The van der Waals surface area contributed by atoms with E-state index in [1.807, 2.05) is 0 Å². The average Bonchev–Trinajstić information content (AvgIpc) is 2.74. The summed E-state index contributed by atoms with van der Waals surface area (Å²) >= 11 is 7.11. The first-order valence-corrected chi connectivity index (χ1v) is 9.53. The molecule has 22 heavy (non-hydrogen) atoms. The van der Waals surface area contributed by atoms with Gasteiger partial charge in [-0.25, -0.2) is 0 Å². The fourth-order valence-corrected chi connectivity index (χ4v) is 6.18. The molecule has 1 N–H and O–H groups in total. The first-order valence-electron chi connectivity index (χ1n) is 7.82. The predicted octanol–water partition coefficient (Wildman–Crippen LogP) is 4.87. The third-order valence-electron chi connectivity index (χ3n) is 5.99. The van der Waals surface area contributed by atoms with Gasteiger partial charge in [-0.2, -0.15) is 0 Å². The quantitative estimate of drug-likeness (QED) is 0.475. The molecular formula is C18H18Br2O2. The molecule has 4 heteroatoms. The number of hydrogen-bond acceptors (Lipinski definition) is 2. The summed E-state index contributed by atoms with van der Waals surface area (Å²) in [6.07, 6.45) is 6.06. The van der Waals surface area contributed by atoms with Crippen LogP contribution in [-0.2, 0) is 11.2 Å². The summed E-state index contributed by atoms with van der Waals surface area (Å²) in [5, 5.41) is 9.91. The molecule has 1 aromatic carbocycles. The van der Waals surface area contributed by atoms with Gasteiger partial charge in [0.1, 0.15) is 5.75 Å². The van der Waals surface area contributed by atoms with Crippen molar-refractivity contribution >= 4 is 37.6 Å². The zero-order valence-electron chi connectivity index (χ0n) is 12.4. The van der Waals surface area contributed by atoms with Crippen LogP contribution in [0.3, 0.4) is 0 Å². The summed E-state index contributed by atoms with van der Waals surface area (Å²) in [5.41, 5.74) is 3.79. The molecule has 4 atom stereocenters. The van der Waals surface area contributed by atoms with Gasteiger partial charge in [-0.3, -0.25) is 4.79 Å². The maximum atomic E-state index is 12.6. The van der Waals surface area contributed by atoms with Crippen molar-refractivity contribution in [2.45, 2.75) is 43.4 Å². The summed E-state index contributed by atoms with van der Waals surface area (Å²) in [5.74, 6) is 1.47. The summed E-state index contributed by atoms with van der Waals surface area (Å²) in [7, 11) is 0. The third kappa shape index (κ3) is 1.86. The topological polar surface area (TPSA) is 37.3 Å². The molecule has 1 aromatic rings. The normalized spacial score (nSPS) is 36.4. The molecule has 0 unspecified atom stereocenters. The highest BCUT2D eigenvalue weighted by atomic mass is 79.9. The zero-order chi connectivity index (χ0) is 15.6. The van der Waals surface area contributed by atoms with Crippen molar-refractivity contribution in [3.8, 4) is 5.75 Å². The van der Waals surface area contributed by atoms with Gasteiger partial charge in [0.2, 0.25) is 0 Å². The smallest absolute Gasteiger partial charge is 0.152 e. The number of Topliss-reactive ketones (excluding diaryl/α,β-unsaturated/α-hetero) is 1. The fourth-order valence-electron chi connectivity index (χ4n) is 4.76. The molecule has 3 aliphatic carbocycles. The van der Waals surface area contributed by atoms with E-state index in [-0.39, 0.29) is 10.2 Å². The van der Waals surface area contributed by atoms with Gasteiger partial charge in [-0.1, -0.05) is 40.6 Å². The monoisotopic (exact) mass is 424 g/mol. The highest BCUT2D eigenvalue weighted by Gasteiger charge is 2.55. The molecule has 3 aliphatic rings. The Balaban J connectivity index is 1.79. The van der Waals surface area contributed by atoms with Crippen molar-refractivity contribution in [1.82, 2.24) is 0 Å².